The number of aliphatic hydroxyl groups is 1. The highest BCUT2D eigenvalue weighted by Crippen LogP contribution is 2.21. The van der Waals surface area contributed by atoms with E-state index in [0.29, 0.717) is 25.1 Å². The molecule has 5 heteroatoms. The van der Waals surface area contributed by atoms with E-state index in [1.807, 2.05) is 30.3 Å². The lowest BCUT2D eigenvalue weighted by molar-refractivity contribution is -0.136. The normalized spacial score (nSPS) is 16.7. The Balaban J connectivity index is 1.65. The molecule has 0 bridgehead atoms. The fraction of sp³-hybridized carbons (Fsp3) is 0.300. The Kier molecular flexibility index (Phi) is 5.46. The van der Waals surface area contributed by atoms with E-state index in [0.717, 1.165) is 17.5 Å². The zero-order valence-electron chi connectivity index (χ0n) is 14.0. The van der Waals surface area contributed by atoms with Gasteiger partial charge < -0.3 is 15.3 Å². The number of amides is 2. The van der Waals surface area contributed by atoms with Gasteiger partial charge in [-0.2, -0.15) is 0 Å². The SMILES string of the molecule is O=C(Nc1cccc(CO)c1)C1CCCN1C(=O)Cc1ccccc1. The van der Waals surface area contributed by atoms with Crippen molar-refractivity contribution >= 4 is 17.5 Å². The van der Waals surface area contributed by atoms with E-state index in [-0.39, 0.29) is 18.4 Å². The number of carbonyl (C=O) groups is 2. The van der Waals surface area contributed by atoms with Gasteiger partial charge in [0, 0.05) is 12.2 Å². The Morgan fingerprint density at radius 1 is 1.08 bits per heavy atom. The summed E-state index contributed by atoms with van der Waals surface area (Å²) in [5.74, 6) is -0.193. The third-order valence-corrected chi connectivity index (χ3v) is 4.45. The Labute approximate surface area is 147 Å². The average Bonchev–Trinajstić information content (AvgIpc) is 3.13. The maximum atomic E-state index is 12.6. The molecule has 3 rings (SSSR count). The molecule has 1 unspecified atom stereocenters. The second-order valence-electron chi connectivity index (χ2n) is 6.26. The van der Waals surface area contributed by atoms with Crippen LogP contribution in [0.5, 0.6) is 0 Å². The van der Waals surface area contributed by atoms with Crippen LogP contribution < -0.4 is 5.32 Å². The lowest BCUT2D eigenvalue weighted by Gasteiger charge is -2.24. The molecule has 2 N–H and O–H groups in total. The first-order valence-corrected chi connectivity index (χ1v) is 8.51. The maximum absolute atomic E-state index is 12.6. The number of hydrogen-bond donors (Lipinski definition) is 2. The van der Waals surface area contributed by atoms with Gasteiger partial charge in [0.2, 0.25) is 11.8 Å². The van der Waals surface area contributed by atoms with Gasteiger partial charge in [0.15, 0.2) is 0 Å². The van der Waals surface area contributed by atoms with E-state index in [2.05, 4.69) is 5.32 Å². The van der Waals surface area contributed by atoms with Crippen LogP contribution in [0.1, 0.15) is 24.0 Å². The third kappa shape index (κ3) is 4.25. The maximum Gasteiger partial charge on any atom is 0.247 e. The number of nitrogens with zero attached hydrogens (tertiary/aromatic N) is 1. The number of rotatable bonds is 5. The fourth-order valence-corrected chi connectivity index (χ4v) is 3.18. The Bertz CT molecular complexity index is 746. The Hall–Kier alpha value is -2.66. The van der Waals surface area contributed by atoms with Gasteiger partial charge in [0.05, 0.1) is 13.0 Å². The van der Waals surface area contributed by atoms with Crippen molar-refractivity contribution < 1.29 is 14.7 Å². The molecule has 1 saturated heterocycles. The number of carbonyl (C=O) groups excluding carboxylic acids is 2. The fourth-order valence-electron chi connectivity index (χ4n) is 3.18. The second kappa shape index (κ2) is 7.94. The lowest BCUT2D eigenvalue weighted by Crippen LogP contribution is -2.43. The molecule has 0 aliphatic carbocycles. The van der Waals surface area contributed by atoms with Crippen LogP contribution in [0, 0.1) is 0 Å². The highest BCUT2D eigenvalue weighted by atomic mass is 16.3. The van der Waals surface area contributed by atoms with Crippen LogP contribution in [-0.4, -0.2) is 34.4 Å². The summed E-state index contributed by atoms with van der Waals surface area (Å²) >= 11 is 0. The molecule has 25 heavy (non-hydrogen) atoms. The van der Waals surface area contributed by atoms with E-state index in [9.17, 15) is 14.7 Å². The van der Waals surface area contributed by atoms with E-state index in [1.54, 1.807) is 29.2 Å². The van der Waals surface area contributed by atoms with Gasteiger partial charge in [-0.3, -0.25) is 9.59 Å². The van der Waals surface area contributed by atoms with Gasteiger partial charge in [0.25, 0.3) is 0 Å². The highest BCUT2D eigenvalue weighted by molar-refractivity contribution is 5.97. The summed E-state index contributed by atoms with van der Waals surface area (Å²) in [7, 11) is 0. The topological polar surface area (TPSA) is 69.6 Å². The molecular weight excluding hydrogens is 316 g/mol. The van der Waals surface area contributed by atoms with Gasteiger partial charge >= 0.3 is 0 Å². The lowest BCUT2D eigenvalue weighted by atomic mass is 10.1. The molecule has 0 spiro atoms. The summed E-state index contributed by atoms with van der Waals surface area (Å²) in [6.07, 6.45) is 1.81. The summed E-state index contributed by atoms with van der Waals surface area (Å²) in [6.45, 7) is 0.537. The molecule has 1 heterocycles. The molecule has 2 aromatic carbocycles. The second-order valence-corrected chi connectivity index (χ2v) is 6.26. The van der Waals surface area contributed by atoms with Crippen LogP contribution in [-0.2, 0) is 22.6 Å². The van der Waals surface area contributed by atoms with Gasteiger partial charge in [-0.05, 0) is 36.1 Å². The standard InChI is InChI=1S/C20H22N2O3/c23-14-16-8-4-9-17(12-16)21-20(25)18-10-5-11-22(18)19(24)13-15-6-2-1-3-7-15/h1-4,6-9,12,18,23H,5,10-11,13-14H2,(H,21,25). The van der Waals surface area contributed by atoms with Crippen LogP contribution in [0.2, 0.25) is 0 Å². The van der Waals surface area contributed by atoms with Crippen molar-refractivity contribution in [3.8, 4) is 0 Å². The monoisotopic (exact) mass is 338 g/mol. The van der Waals surface area contributed by atoms with Crippen LogP contribution >= 0.6 is 0 Å². The first kappa shape index (κ1) is 17.2. The summed E-state index contributed by atoms with van der Waals surface area (Å²) in [6, 6.07) is 16.2. The third-order valence-electron chi connectivity index (χ3n) is 4.45. The van der Waals surface area contributed by atoms with Crippen molar-refractivity contribution in [3.63, 3.8) is 0 Å². The first-order valence-electron chi connectivity index (χ1n) is 8.51. The van der Waals surface area contributed by atoms with E-state index >= 15 is 0 Å². The minimum absolute atomic E-state index is 0.0204. The van der Waals surface area contributed by atoms with Crippen LogP contribution in [0.4, 0.5) is 5.69 Å². The van der Waals surface area contributed by atoms with E-state index in [1.165, 1.54) is 0 Å². The molecule has 2 aromatic rings. The first-order chi connectivity index (χ1) is 12.2. The van der Waals surface area contributed by atoms with Crippen molar-refractivity contribution in [3.05, 3.63) is 65.7 Å². The van der Waals surface area contributed by atoms with Crippen molar-refractivity contribution in [2.45, 2.75) is 31.9 Å². The van der Waals surface area contributed by atoms with Crippen LogP contribution in [0.25, 0.3) is 0 Å². The number of anilines is 1. The average molecular weight is 338 g/mol. The molecule has 1 atom stereocenters. The molecular formula is C20H22N2O3. The molecule has 1 aliphatic rings. The summed E-state index contributed by atoms with van der Waals surface area (Å²) in [5, 5.41) is 12.1. The molecule has 0 radical (unpaired) electrons. The highest BCUT2D eigenvalue weighted by Gasteiger charge is 2.33. The van der Waals surface area contributed by atoms with Crippen molar-refractivity contribution in [1.82, 2.24) is 4.90 Å². The van der Waals surface area contributed by atoms with Crippen molar-refractivity contribution in [2.24, 2.45) is 0 Å². The van der Waals surface area contributed by atoms with E-state index in [4.69, 9.17) is 0 Å². The molecule has 0 aromatic heterocycles. The van der Waals surface area contributed by atoms with Gasteiger partial charge in [-0.1, -0.05) is 42.5 Å². The van der Waals surface area contributed by atoms with Gasteiger partial charge in [-0.25, -0.2) is 0 Å². The summed E-state index contributed by atoms with van der Waals surface area (Å²) in [5.41, 5.74) is 2.33. The number of likely N-dealkylation sites (tertiary alicyclic amines) is 1. The molecule has 2 amide bonds. The predicted molar refractivity (Wildman–Crippen MR) is 95.9 cm³/mol. The van der Waals surface area contributed by atoms with Crippen molar-refractivity contribution in [1.29, 1.82) is 0 Å². The van der Waals surface area contributed by atoms with Crippen LogP contribution in [0.15, 0.2) is 54.6 Å². The molecule has 5 nitrogen and oxygen atoms in total. The smallest absolute Gasteiger partial charge is 0.247 e. The summed E-state index contributed by atoms with van der Waals surface area (Å²) < 4.78 is 0. The van der Waals surface area contributed by atoms with Gasteiger partial charge in [-0.15, -0.1) is 0 Å². The largest absolute Gasteiger partial charge is 0.392 e. The zero-order valence-corrected chi connectivity index (χ0v) is 14.0. The number of hydrogen-bond acceptors (Lipinski definition) is 3. The van der Waals surface area contributed by atoms with Crippen LogP contribution in [0.3, 0.4) is 0 Å². The van der Waals surface area contributed by atoms with Gasteiger partial charge in [0.1, 0.15) is 6.04 Å². The Morgan fingerprint density at radius 2 is 1.84 bits per heavy atom. The minimum Gasteiger partial charge on any atom is -0.392 e. The zero-order chi connectivity index (χ0) is 17.6. The molecule has 1 fully saturated rings. The molecule has 130 valence electrons. The number of benzene rings is 2. The Morgan fingerprint density at radius 3 is 2.60 bits per heavy atom. The predicted octanol–water partition coefficient (Wildman–Crippen LogP) is 2.35. The number of nitrogens with one attached hydrogen (secondary N) is 1. The minimum atomic E-state index is -0.436. The molecule has 1 aliphatic heterocycles. The quantitative estimate of drug-likeness (QED) is 0.879. The molecule has 0 saturated carbocycles. The van der Waals surface area contributed by atoms with Crippen molar-refractivity contribution in [2.75, 3.05) is 11.9 Å². The summed E-state index contributed by atoms with van der Waals surface area (Å²) in [4.78, 5) is 26.9. The van der Waals surface area contributed by atoms with E-state index < -0.39 is 6.04 Å². The number of aliphatic hydroxyl groups excluding tert-OH is 1.